The number of nitrogens with zero attached hydrogens (tertiary/aromatic N) is 2. The van der Waals surface area contributed by atoms with Crippen LogP contribution in [0.15, 0.2) is 4.99 Å². The van der Waals surface area contributed by atoms with Crippen molar-refractivity contribution in [3.8, 4) is 0 Å². The minimum absolute atomic E-state index is 0. The van der Waals surface area contributed by atoms with Crippen LogP contribution in [0.25, 0.3) is 0 Å². The number of aliphatic imine (C=N–C) groups is 1. The standard InChI is InChI=1S/C14H29N3OS.HI/c1-5-12-10-17(8-9-19-12)13(15-7-3)16-11-14(4,18)6-2;/h12,18H,5-11H2,1-4H3,(H,15,16);1H. The molecule has 20 heavy (non-hydrogen) atoms. The van der Waals surface area contributed by atoms with E-state index in [0.29, 0.717) is 11.8 Å². The molecule has 120 valence electrons. The Balaban J connectivity index is 0.00000361. The van der Waals surface area contributed by atoms with Gasteiger partial charge < -0.3 is 15.3 Å². The molecule has 0 spiro atoms. The Kier molecular flexibility index (Phi) is 10.3. The van der Waals surface area contributed by atoms with Gasteiger partial charge in [-0.1, -0.05) is 13.8 Å². The first kappa shape index (κ1) is 20.3. The second-order valence-electron chi connectivity index (χ2n) is 5.37. The average molecular weight is 415 g/mol. The van der Waals surface area contributed by atoms with Crippen LogP contribution in [0, 0.1) is 0 Å². The van der Waals surface area contributed by atoms with Gasteiger partial charge in [-0.15, -0.1) is 24.0 Å². The number of nitrogens with one attached hydrogen (secondary N) is 1. The molecule has 0 aromatic rings. The Morgan fingerprint density at radius 3 is 2.70 bits per heavy atom. The second-order valence-corrected chi connectivity index (χ2v) is 6.78. The van der Waals surface area contributed by atoms with Crippen molar-refractivity contribution in [2.24, 2.45) is 4.99 Å². The molecule has 2 unspecified atom stereocenters. The van der Waals surface area contributed by atoms with Gasteiger partial charge in [-0.05, 0) is 26.7 Å². The molecule has 1 aliphatic heterocycles. The molecular weight excluding hydrogens is 385 g/mol. The van der Waals surface area contributed by atoms with Crippen LogP contribution in [0.3, 0.4) is 0 Å². The minimum Gasteiger partial charge on any atom is -0.388 e. The van der Waals surface area contributed by atoms with Crippen molar-refractivity contribution in [2.45, 2.75) is 51.4 Å². The first-order valence-electron chi connectivity index (χ1n) is 7.39. The van der Waals surface area contributed by atoms with Crippen molar-refractivity contribution in [1.29, 1.82) is 0 Å². The number of guanidine groups is 1. The summed E-state index contributed by atoms with van der Waals surface area (Å²) in [4.78, 5) is 6.95. The zero-order chi connectivity index (χ0) is 14.3. The Morgan fingerprint density at radius 2 is 2.15 bits per heavy atom. The van der Waals surface area contributed by atoms with E-state index in [0.717, 1.165) is 37.8 Å². The van der Waals surface area contributed by atoms with Gasteiger partial charge in [0.15, 0.2) is 5.96 Å². The molecule has 6 heteroatoms. The smallest absolute Gasteiger partial charge is 0.194 e. The molecule has 0 bridgehead atoms. The minimum atomic E-state index is -0.699. The highest BCUT2D eigenvalue weighted by molar-refractivity contribution is 14.0. The van der Waals surface area contributed by atoms with Crippen LogP contribution < -0.4 is 5.32 Å². The van der Waals surface area contributed by atoms with Crippen LogP contribution in [0.2, 0.25) is 0 Å². The number of aliphatic hydroxyl groups is 1. The molecule has 4 nitrogen and oxygen atoms in total. The van der Waals surface area contributed by atoms with Crippen molar-refractivity contribution in [3.05, 3.63) is 0 Å². The summed E-state index contributed by atoms with van der Waals surface area (Å²) >= 11 is 2.06. The van der Waals surface area contributed by atoms with Crippen molar-refractivity contribution in [3.63, 3.8) is 0 Å². The molecular formula is C14H30IN3OS. The van der Waals surface area contributed by atoms with Crippen LogP contribution in [0.4, 0.5) is 0 Å². The number of rotatable bonds is 5. The van der Waals surface area contributed by atoms with E-state index in [1.54, 1.807) is 0 Å². The SMILES string of the molecule is CCNC(=NCC(C)(O)CC)N1CCSC(CC)C1.I. The maximum absolute atomic E-state index is 10.1. The van der Waals surface area contributed by atoms with Gasteiger partial charge in [0.2, 0.25) is 0 Å². The summed E-state index contributed by atoms with van der Waals surface area (Å²) in [5.74, 6) is 2.11. The molecule has 1 heterocycles. The van der Waals surface area contributed by atoms with E-state index in [1.807, 2.05) is 13.8 Å². The fourth-order valence-corrected chi connectivity index (χ4v) is 3.12. The molecule has 2 N–H and O–H groups in total. The van der Waals surface area contributed by atoms with E-state index in [4.69, 9.17) is 0 Å². The zero-order valence-electron chi connectivity index (χ0n) is 13.2. The highest BCUT2D eigenvalue weighted by Crippen LogP contribution is 2.21. The summed E-state index contributed by atoms with van der Waals surface area (Å²) in [6.07, 6.45) is 1.93. The second kappa shape index (κ2) is 10.1. The van der Waals surface area contributed by atoms with E-state index in [-0.39, 0.29) is 24.0 Å². The van der Waals surface area contributed by atoms with E-state index < -0.39 is 5.60 Å². The van der Waals surface area contributed by atoms with Gasteiger partial charge in [-0.2, -0.15) is 11.8 Å². The molecule has 0 aromatic heterocycles. The maximum Gasteiger partial charge on any atom is 0.194 e. The molecule has 1 fully saturated rings. The molecule has 1 aliphatic rings. The van der Waals surface area contributed by atoms with E-state index >= 15 is 0 Å². The van der Waals surface area contributed by atoms with Crippen LogP contribution in [0.5, 0.6) is 0 Å². The number of thioether (sulfide) groups is 1. The first-order valence-corrected chi connectivity index (χ1v) is 8.44. The lowest BCUT2D eigenvalue weighted by Crippen LogP contribution is -2.48. The van der Waals surface area contributed by atoms with Gasteiger partial charge in [0.25, 0.3) is 0 Å². The van der Waals surface area contributed by atoms with Gasteiger partial charge in [0, 0.05) is 30.6 Å². The Morgan fingerprint density at radius 1 is 1.45 bits per heavy atom. The molecule has 1 saturated heterocycles. The first-order chi connectivity index (χ1) is 9.02. The number of hydrogen-bond donors (Lipinski definition) is 2. The Labute approximate surface area is 145 Å². The number of halogens is 1. The summed E-state index contributed by atoms with van der Waals surface area (Å²) < 4.78 is 0. The predicted molar refractivity (Wildman–Crippen MR) is 100 cm³/mol. The van der Waals surface area contributed by atoms with E-state index in [9.17, 15) is 5.11 Å². The van der Waals surface area contributed by atoms with E-state index in [2.05, 4.69) is 40.8 Å². The molecule has 0 aliphatic carbocycles. The highest BCUT2D eigenvalue weighted by atomic mass is 127. The summed E-state index contributed by atoms with van der Waals surface area (Å²) in [6.45, 7) is 11.6. The van der Waals surface area contributed by atoms with Gasteiger partial charge in [-0.3, -0.25) is 4.99 Å². The fraction of sp³-hybridized carbons (Fsp3) is 0.929. The van der Waals surface area contributed by atoms with Crippen molar-refractivity contribution < 1.29 is 5.11 Å². The lowest BCUT2D eigenvalue weighted by atomic mass is 10.1. The maximum atomic E-state index is 10.1. The van der Waals surface area contributed by atoms with Crippen LogP contribution >= 0.6 is 35.7 Å². The molecule has 0 saturated carbocycles. The quantitative estimate of drug-likeness (QED) is 0.412. The summed E-state index contributed by atoms with van der Waals surface area (Å²) in [5, 5.41) is 14.1. The van der Waals surface area contributed by atoms with Gasteiger partial charge in [-0.25, -0.2) is 0 Å². The third-order valence-electron chi connectivity index (χ3n) is 3.56. The molecule has 0 radical (unpaired) electrons. The largest absolute Gasteiger partial charge is 0.388 e. The molecule has 0 amide bonds. The molecule has 2 atom stereocenters. The summed E-state index contributed by atoms with van der Waals surface area (Å²) in [7, 11) is 0. The van der Waals surface area contributed by atoms with E-state index in [1.165, 1.54) is 6.42 Å². The summed E-state index contributed by atoms with van der Waals surface area (Å²) in [5.41, 5.74) is -0.699. The summed E-state index contributed by atoms with van der Waals surface area (Å²) in [6, 6.07) is 0. The van der Waals surface area contributed by atoms with Crippen molar-refractivity contribution in [2.75, 3.05) is 31.9 Å². The zero-order valence-corrected chi connectivity index (χ0v) is 16.3. The van der Waals surface area contributed by atoms with Crippen LogP contribution in [-0.2, 0) is 0 Å². The molecule has 0 aromatic carbocycles. The van der Waals surface area contributed by atoms with Crippen molar-refractivity contribution >= 4 is 41.7 Å². The van der Waals surface area contributed by atoms with Gasteiger partial charge in [0.1, 0.15) is 0 Å². The normalized spacial score (nSPS) is 22.9. The van der Waals surface area contributed by atoms with Crippen LogP contribution in [-0.4, -0.2) is 58.7 Å². The van der Waals surface area contributed by atoms with Gasteiger partial charge >= 0.3 is 0 Å². The van der Waals surface area contributed by atoms with Crippen molar-refractivity contribution in [1.82, 2.24) is 10.2 Å². The lowest BCUT2D eigenvalue weighted by molar-refractivity contribution is 0.0654. The topological polar surface area (TPSA) is 47.9 Å². The third-order valence-corrected chi connectivity index (χ3v) is 4.93. The third kappa shape index (κ3) is 6.85. The van der Waals surface area contributed by atoms with Crippen LogP contribution in [0.1, 0.15) is 40.5 Å². The monoisotopic (exact) mass is 415 g/mol. The number of hydrogen-bond acceptors (Lipinski definition) is 3. The molecule has 1 rings (SSSR count). The Hall–Kier alpha value is 0.310. The highest BCUT2D eigenvalue weighted by Gasteiger charge is 2.23. The Bertz CT molecular complexity index is 300. The fourth-order valence-electron chi connectivity index (χ4n) is 1.94. The predicted octanol–water partition coefficient (Wildman–Crippen LogP) is 2.56. The average Bonchev–Trinajstić information content (AvgIpc) is 2.43. The van der Waals surface area contributed by atoms with Gasteiger partial charge in [0.05, 0.1) is 12.1 Å². The lowest BCUT2D eigenvalue weighted by Gasteiger charge is -2.34.